The van der Waals surface area contributed by atoms with Crippen LogP contribution in [-0.2, 0) is 14.3 Å². The number of carbonyl (C=O) groups is 1. The number of hydrogen-bond acceptors (Lipinski definition) is 4. The van der Waals surface area contributed by atoms with Crippen LogP contribution in [0.4, 0.5) is 0 Å². The number of carbonyl (C=O) groups excluding carboxylic acids is 1. The molecule has 1 amide bonds. The third-order valence-corrected chi connectivity index (χ3v) is 5.16. The highest BCUT2D eigenvalue weighted by Gasteiger charge is 2.27. The molecule has 2 heterocycles. The second kappa shape index (κ2) is 12.1. The summed E-state index contributed by atoms with van der Waals surface area (Å²) >= 11 is 0. The molecule has 0 aromatic rings. The fourth-order valence-electron chi connectivity index (χ4n) is 3.19. The lowest BCUT2D eigenvalue weighted by Gasteiger charge is -2.35. The number of nitrogens with zero attached hydrogens (tertiary/aromatic N) is 2. The summed E-state index contributed by atoms with van der Waals surface area (Å²) in [7, 11) is 0. The quantitative estimate of drug-likeness (QED) is 0.320. The summed E-state index contributed by atoms with van der Waals surface area (Å²) in [5.41, 5.74) is 4.82. The number of likely N-dealkylation sites (tertiary alicyclic amines) is 1. The molecule has 3 N–H and O–H groups in total. The first-order valence-corrected chi connectivity index (χ1v) is 9.98. The van der Waals surface area contributed by atoms with Crippen LogP contribution in [0.2, 0.25) is 0 Å². The molecule has 158 valence electrons. The number of piperidine rings is 1. The zero-order valence-corrected chi connectivity index (χ0v) is 19.4. The highest BCUT2D eigenvalue weighted by molar-refractivity contribution is 14.0. The average molecular weight is 496 g/mol. The first kappa shape index (κ1) is 24.4. The van der Waals surface area contributed by atoms with Gasteiger partial charge >= 0.3 is 0 Å². The van der Waals surface area contributed by atoms with Crippen LogP contribution >= 0.6 is 24.0 Å². The van der Waals surface area contributed by atoms with Gasteiger partial charge in [0.25, 0.3) is 0 Å². The van der Waals surface area contributed by atoms with Crippen molar-refractivity contribution in [2.75, 3.05) is 39.4 Å². The molecule has 8 heteroatoms. The van der Waals surface area contributed by atoms with E-state index in [1.54, 1.807) is 0 Å². The first-order valence-electron chi connectivity index (χ1n) is 9.98. The van der Waals surface area contributed by atoms with E-state index in [1.165, 1.54) is 12.8 Å². The van der Waals surface area contributed by atoms with E-state index < -0.39 is 5.41 Å². The Kier molecular flexibility index (Phi) is 10.9. The van der Waals surface area contributed by atoms with E-state index in [-0.39, 0.29) is 36.0 Å². The van der Waals surface area contributed by atoms with Gasteiger partial charge in [0, 0.05) is 26.2 Å². The number of amides is 1. The number of hydrogen-bond donors (Lipinski definition) is 2. The highest BCUT2D eigenvalue weighted by atomic mass is 127. The molecular formula is C19H37IN4O3. The van der Waals surface area contributed by atoms with E-state index in [4.69, 9.17) is 15.2 Å². The third kappa shape index (κ3) is 8.11. The summed E-state index contributed by atoms with van der Waals surface area (Å²) in [5, 5.41) is 3.33. The standard InChI is InChI=1S/C19H36N4O3.HI/c1-4-21-18(22-14-19(2,3)17(20)24)23-10-8-15(9-11-23)26-13-16-7-5-6-12-25-16;/h15-16H,4-14H2,1-3H3,(H2,20,24)(H,21,22);1H. The van der Waals surface area contributed by atoms with Crippen molar-refractivity contribution in [2.24, 2.45) is 16.1 Å². The minimum atomic E-state index is -0.637. The second-order valence-corrected chi connectivity index (χ2v) is 7.93. The number of rotatable bonds is 7. The van der Waals surface area contributed by atoms with E-state index in [2.05, 4.69) is 22.1 Å². The van der Waals surface area contributed by atoms with E-state index >= 15 is 0 Å². The Labute approximate surface area is 180 Å². The molecule has 1 atom stereocenters. The molecule has 2 aliphatic heterocycles. The molecule has 2 aliphatic rings. The summed E-state index contributed by atoms with van der Waals surface area (Å²) < 4.78 is 11.8. The molecule has 0 aromatic heterocycles. The number of nitrogens with two attached hydrogens (primary N) is 1. The minimum Gasteiger partial charge on any atom is -0.376 e. The van der Waals surface area contributed by atoms with Gasteiger partial charge in [-0.25, -0.2) is 0 Å². The number of guanidine groups is 1. The third-order valence-electron chi connectivity index (χ3n) is 5.16. The lowest BCUT2D eigenvalue weighted by Crippen LogP contribution is -2.48. The van der Waals surface area contributed by atoms with E-state index in [0.717, 1.165) is 51.5 Å². The molecule has 0 bridgehead atoms. The van der Waals surface area contributed by atoms with Gasteiger partial charge in [-0.2, -0.15) is 0 Å². The van der Waals surface area contributed by atoms with Crippen LogP contribution in [0.3, 0.4) is 0 Å². The molecule has 2 fully saturated rings. The number of halogens is 1. The molecule has 27 heavy (non-hydrogen) atoms. The summed E-state index contributed by atoms with van der Waals surface area (Å²) in [6.45, 7) is 10.3. The van der Waals surface area contributed by atoms with E-state index in [1.807, 2.05) is 13.8 Å². The predicted molar refractivity (Wildman–Crippen MR) is 119 cm³/mol. The van der Waals surface area contributed by atoms with Gasteiger partial charge in [-0.15, -0.1) is 24.0 Å². The normalized spacial score (nSPS) is 22.3. The maximum absolute atomic E-state index is 11.5. The molecular weight excluding hydrogens is 459 g/mol. The summed E-state index contributed by atoms with van der Waals surface area (Å²) in [4.78, 5) is 18.4. The van der Waals surface area contributed by atoms with Crippen LogP contribution in [-0.4, -0.2) is 68.4 Å². The Morgan fingerprint density at radius 1 is 1.30 bits per heavy atom. The molecule has 0 saturated carbocycles. The fourth-order valence-corrected chi connectivity index (χ4v) is 3.19. The van der Waals surface area contributed by atoms with Crippen molar-refractivity contribution in [1.29, 1.82) is 0 Å². The monoisotopic (exact) mass is 496 g/mol. The molecule has 0 aromatic carbocycles. The van der Waals surface area contributed by atoms with Crippen molar-refractivity contribution in [3.05, 3.63) is 0 Å². The number of primary amides is 1. The maximum Gasteiger partial charge on any atom is 0.224 e. The SMILES string of the molecule is CCNC(=NCC(C)(C)C(N)=O)N1CCC(OCC2CCCCO2)CC1.I. The minimum absolute atomic E-state index is 0. The van der Waals surface area contributed by atoms with Crippen LogP contribution in [0, 0.1) is 5.41 Å². The van der Waals surface area contributed by atoms with Crippen molar-refractivity contribution in [2.45, 2.75) is 65.1 Å². The number of ether oxygens (including phenoxy) is 2. The average Bonchev–Trinajstić information content (AvgIpc) is 2.64. The Hall–Kier alpha value is -0.610. The lowest BCUT2D eigenvalue weighted by molar-refractivity contribution is -0.125. The summed E-state index contributed by atoms with van der Waals surface area (Å²) in [6, 6.07) is 0. The van der Waals surface area contributed by atoms with Gasteiger partial charge in [-0.05, 0) is 52.9 Å². The Balaban J connectivity index is 0.00000364. The number of nitrogens with one attached hydrogen (secondary N) is 1. The van der Waals surface area contributed by atoms with Gasteiger partial charge in [0.15, 0.2) is 5.96 Å². The molecule has 0 aliphatic carbocycles. The van der Waals surface area contributed by atoms with Gasteiger partial charge in [-0.1, -0.05) is 0 Å². The largest absolute Gasteiger partial charge is 0.376 e. The Morgan fingerprint density at radius 2 is 2.00 bits per heavy atom. The van der Waals surface area contributed by atoms with Crippen molar-refractivity contribution in [1.82, 2.24) is 10.2 Å². The van der Waals surface area contributed by atoms with Crippen LogP contribution in [0.5, 0.6) is 0 Å². The molecule has 2 rings (SSSR count). The summed E-state index contributed by atoms with van der Waals surface area (Å²) in [6.07, 6.45) is 6.07. The topological polar surface area (TPSA) is 89.2 Å². The van der Waals surface area contributed by atoms with Crippen molar-refractivity contribution in [3.8, 4) is 0 Å². The highest BCUT2D eigenvalue weighted by Crippen LogP contribution is 2.19. The predicted octanol–water partition coefficient (Wildman–Crippen LogP) is 2.13. The van der Waals surface area contributed by atoms with Gasteiger partial charge in [0.1, 0.15) is 0 Å². The van der Waals surface area contributed by atoms with Crippen LogP contribution in [0.1, 0.15) is 52.9 Å². The fraction of sp³-hybridized carbons (Fsp3) is 0.895. The number of aliphatic imine (C=N–C) groups is 1. The maximum atomic E-state index is 11.5. The summed E-state index contributed by atoms with van der Waals surface area (Å²) in [5.74, 6) is 0.532. The second-order valence-electron chi connectivity index (χ2n) is 7.93. The van der Waals surface area contributed by atoms with Crippen LogP contribution < -0.4 is 11.1 Å². The van der Waals surface area contributed by atoms with Crippen molar-refractivity contribution >= 4 is 35.8 Å². The van der Waals surface area contributed by atoms with Gasteiger partial charge < -0.3 is 25.4 Å². The first-order chi connectivity index (χ1) is 12.4. The molecule has 0 spiro atoms. The van der Waals surface area contributed by atoms with E-state index in [0.29, 0.717) is 19.3 Å². The van der Waals surface area contributed by atoms with Gasteiger partial charge in [-0.3, -0.25) is 9.79 Å². The zero-order valence-electron chi connectivity index (χ0n) is 17.0. The molecule has 0 radical (unpaired) electrons. The zero-order chi connectivity index (χ0) is 19.0. The van der Waals surface area contributed by atoms with Gasteiger partial charge in [0.05, 0.1) is 30.8 Å². The molecule has 2 saturated heterocycles. The van der Waals surface area contributed by atoms with Crippen molar-refractivity contribution < 1.29 is 14.3 Å². The van der Waals surface area contributed by atoms with E-state index in [9.17, 15) is 4.79 Å². The van der Waals surface area contributed by atoms with Crippen LogP contribution in [0.25, 0.3) is 0 Å². The van der Waals surface area contributed by atoms with Crippen molar-refractivity contribution in [3.63, 3.8) is 0 Å². The Morgan fingerprint density at radius 3 is 2.56 bits per heavy atom. The lowest BCUT2D eigenvalue weighted by atomic mass is 9.93. The van der Waals surface area contributed by atoms with Gasteiger partial charge in [0.2, 0.25) is 5.91 Å². The molecule has 7 nitrogen and oxygen atoms in total. The molecule has 1 unspecified atom stereocenters. The Bertz CT molecular complexity index is 474. The van der Waals surface area contributed by atoms with Crippen LogP contribution in [0.15, 0.2) is 4.99 Å². The smallest absolute Gasteiger partial charge is 0.224 e.